The van der Waals surface area contributed by atoms with Gasteiger partial charge in [0.1, 0.15) is 6.33 Å². The number of carbonyl (C=O) groups is 1. The quantitative estimate of drug-likeness (QED) is 0.794. The van der Waals surface area contributed by atoms with Gasteiger partial charge in [-0.15, -0.1) is 0 Å². The Morgan fingerprint density at radius 1 is 1.38 bits per heavy atom. The van der Waals surface area contributed by atoms with Gasteiger partial charge in [0.15, 0.2) is 0 Å². The molecule has 5 heteroatoms. The number of hydroxylamine groups is 1. The van der Waals surface area contributed by atoms with E-state index in [2.05, 4.69) is 10.5 Å². The lowest BCUT2D eigenvalue weighted by Crippen LogP contribution is -2.27. The van der Waals surface area contributed by atoms with Gasteiger partial charge in [0.25, 0.3) is 0 Å². The highest BCUT2D eigenvalue weighted by atomic mass is 16.7. The van der Waals surface area contributed by atoms with Crippen LogP contribution in [-0.2, 0) is 11.4 Å². The molecular weight excluding hydrogens is 206 g/mol. The van der Waals surface area contributed by atoms with Gasteiger partial charge in [-0.05, 0) is 5.56 Å². The predicted octanol–water partition coefficient (Wildman–Crippen LogP) is 1.57. The number of rotatable bonds is 3. The van der Waals surface area contributed by atoms with Gasteiger partial charge in [-0.25, -0.2) is 15.3 Å². The first-order valence-corrected chi connectivity index (χ1v) is 4.80. The van der Waals surface area contributed by atoms with Crippen LogP contribution in [-0.4, -0.2) is 15.6 Å². The molecule has 1 N–H and O–H groups in total. The van der Waals surface area contributed by atoms with Crippen LogP contribution < -0.4 is 5.48 Å². The summed E-state index contributed by atoms with van der Waals surface area (Å²) in [6.07, 6.45) is 4.47. The number of amides is 1. The third kappa shape index (κ3) is 2.68. The Bertz CT molecular complexity index is 440. The van der Waals surface area contributed by atoms with E-state index in [9.17, 15) is 4.79 Å². The molecule has 0 saturated heterocycles. The molecule has 1 amide bonds. The molecule has 0 saturated carbocycles. The Hall–Kier alpha value is -2.14. The van der Waals surface area contributed by atoms with Crippen molar-refractivity contribution in [1.29, 1.82) is 0 Å². The van der Waals surface area contributed by atoms with Crippen LogP contribution in [0, 0.1) is 0 Å². The van der Waals surface area contributed by atoms with E-state index in [4.69, 9.17) is 4.84 Å². The van der Waals surface area contributed by atoms with Gasteiger partial charge < -0.3 is 0 Å². The number of benzene rings is 1. The van der Waals surface area contributed by atoms with E-state index in [1.807, 2.05) is 30.3 Å². The fourth-order valence-corrected chi connectivity index (χ4v) is 1.19. The zero-order chi connectivity index (χ0) is 11.2. The van der Waals surface area contributed by atoms with Gasteiger partial charge in [-0.1, -0.05) is 30.3 Å². The van der Waals surface area contributed by atoms with E-state index in [0.29, 0.717) is 6.61 Å². The molecule has 5 nitrogen and oxygen atoms in total. The summed E-state index contributed by atoms with van der Waals surface area (Å²) >= 11 is 0. The second kappa shape index (κ2) is 5.09. The van der Waals surface area contributed by atoms with Gasteiger partial charge >= 0.3 is 6.03 Å². The van der Waals surface area contributed by atoms with Crippen molar-refractivity contribution in [1.82, 2.24) is 15.0 Å². The van der Waals surface area contributed by atoms with Crippen molar-refractivity contribution < 1.29 is 9.63 Å². The zero-order valence-corrected chi connectivity index (χ0v) is 8.54. The molecule has 0 fully saturated rings. The van der Waals surface area contributed by atoms with Crippen LogP contribution in [0.15, 0.2) is 49.1 Å². The van der Waals surface area contributed by atoms with E-state index in [1.54, 1.807) is 6.20 Å². The summed E-state index contributed by atoms with van der Waals surface area (Å²) in [7, 11) is 0. The minimum atomic E-state index is -0.367. The molecule has 0 spiro atoms. The van der Waals surface area contributed by atoms with Crippen molar-refractivity contribution in [3.63, 3.8) is 0 Å². The molecule has 16 heavy (non-hydrogen) atoms. The molecule has 1 aromatic carbocycles. The van der Waals surface area contributed by atoms with Crippen molar-refractivity contribution in [2.24, 2.45) is 0 Å². The van der Waals surface area contributed by atoms with Crippen LogP contribution in [0.25, 0.3) is 0 Å². The lowest BCUT2D eigenvalue weighted by molar-refractivity contribution is 0.0495. The van der Waals surface area contributed by atoms with Crippen LogP contribution >= 0.6 is 0 Å². The number of carbonyl (C=O) groups excluding carboxylic acids is 1. The van der Waals surface area contributed by atoms with Crippen molar-refractivity contribution in [3.8, 4) is 0 Å². The summed E-state index contributed by atoms with van der Waals surface area (Å²) in [4.78, 5) is 20.2. The number of hydrogen-bond acceptors (Lipinski definition) is 3. The van der Waals surface area contributed by atoms with Crippen LogP contribution in [0.4, 0.5) is 4.79 Å². The second-order valence-electron chi connectivity index (χ2n) is 3.15. The second-order valence-corrected chi connectivity index (χ2v) is 3.15. The molecule has 2 rings (SSSR count). The standard InChI is InChI=1S/C11H11N3O2/c15-11(14-7-6-12-9-14)13-16-8-10-4-2-1-3-5-10/h1-7,9H,8H2,(H,13,15). The monoisotopic (exact) mass is 217 g/mol. The molecular formula is C11H11N3O2. The van der Waals surface area contributed by atoms with Gasteiger partial charge in [-0.3, -0.25) is 9.40 Å². The minimum Gasteiger partial charge on any atom is -0.267 e. The van der Waals surface area contributed by atoms with Crippen LogP contribution in [0.1, 0.15) is 5.56 Å². The molecule has 0 aliphatic carbocycles. The molecule has 0 aliphatic rings. The van der Waals surface area contributed by atoms with Crippen molar-refractivity contribution in [3.05, 3.63) is 54.6 Å². The molecule has 2 aromatic rings. The number of nitrogens with zero attached hydrogens (tertiary/aromatic N) is 2. The van der Waals surface area contributed by atoms with Gasteiger partial charge in [0, 0.05) is 12.4 Å². The lowest BCUT2D eigenvalue weighted by Gasteiger charge is -2.05. The molecule has 0 atom stereocenters. The molecule has 0 unspecified atom stereocenters. The topological polar surface area (TPSA) is 56.1 Å². The Kier molecular flexibility index (Phi) is 3.30. The first kappa shape index (κ1) is 10.4. The number of imidazole rings is 1. The normalized spacial score (nSPS) is 10.0. The highest BCUT2D eigenvalue weighted by molar-refractivity contribution is 5.75. The van der Waals surface area contributed by atoms with E-state index in [1.165, 1.54) is 17.1 Å². The summed E-state index contributed by atoms with van der Waals surface area (Å²) in [6, 6.07) is 9.22. The lowest BCUT2D eigenvalue weighted by atomic mass is 10.2. The average molecular weight is 217 g/mol. The predicted molar refractivity (Wildman–Crippen MR) is 57.4 cm³/mol. The minimum absolute atomic E-state index is 0.335. The van der Waals surface area contributed by atoms with Crippen molar-refractivity contribution >= 4 is 6.03 Å². The molecule has 0 bridgehead atoms. The Morgan fingerprint density at radius 3 is 2.88 bits per heavy atom. The molecule has 0 aliphatic heterocycles. The van der Waals surface area contributed by atoms with Crippen molar-refractivity contribution in [2.75, 3.05) is 0 Å². The van der Waals surface area contributed by atoms with Crippen LogP contribution in [0.3, 0.4) is 0 Å². The number of aromatic nitrogens is 2. The molecule has 1 heterocycles. The maximum atomic E-state index is 11.4. The molecule has 1 aromatic heterocycles. The fraction of sp³-hybridized carbons (Fsp3) is 0.0909. The third-order valence-corrected chi connectivity index (χ3v) is 1.98. The van der Waals surface area contributed by atoms with Crippen molar-refractivity contribution in [2.45, 2.75) is 6.61 Å². The average Bonchev–Trinajstić information content (AvgIpc) is 2.84. The summed E-state index contributed by atoms with van der Waals surface area (Å²) in [5.41, 5.74) is 3.31. The largest absolute Gasteiger partial charge is 0.350 e. The Balaban J connectivity index is 1.79. The number of nitrogens with one attached hydrogen (secondary N) is 1. The summed E-state index contributed by atoms with van der Waals surface area (Å²) in [6.45, 7) is 0.335. The first-order chi connectivity index (χ1) is 7.86. The maximum absolute atomic E-state index is 11.4. The Labute approximate surface area is 92.6 Å². The highest BCUT2D eigenvalue weighted by Crippen LogP contribution is 1.99. The van der Waals surface area contributed by atoms with Gasteiger partial charge in [-0.2, -0.15) is 0 Å². The highest BCUT2D eigenvalue weighted by Gasteiger charge is 2.02. The Morgan fingerprint density at radius 2 is 2.19 bits per heavy atom. The summed E-state index contributed by atoms with van der Waals surface area (Å²) < 4.78 is 1.30. The first-order valence-electron chi connectivity index (χ1n) is 4.80. The summed E-state index contributed by atoms with van der Waals surface area (Å²) in [5, 5.41) is 0. The SMILES string of the molecule is O=C(NOCc1ccccc1)n1ccnc1. The third-order valence-electron chi connectivity index (χ3n) is 1.98. The van der Waals surface area contributed by atoms with E-state index in [-0.39, 0.29) is 6.03 Å². The van der Waals surface area contributed by atoms with Crippen LogP contribution in [0.2, 0.25) is 0 Å². The molecule has 82 valence electrons. The van der Waals surface area contributed by atoms with E-state index >= 15 is 0 Å². The summed E-state index contributed by atoms with van der Waals surface area (Å²) in [5.74, 6) is 0. The fourth-order valence-electron chi connectivity index (χ4n) is 1.19. The van der Waals surface area contributed by atoms with E-state index < -0.39 is 0 Å². The maximum Gasteiger partial charge on any atom is 0.350 e. The van der Waals surface area contributed by atoms with Gasteiger partial charge in [0.2, 0.25) is 0 Å². The molecule has 0 radical (unpaired) electrons. The number of hydrogen-bond donors (Lipinski definition) is 1. The zero-order valence-electron chi connectivity index (χ0n) is 8.54. The van der Waals surface area contributed by atoms with Crippen LogP contribution in [0.5, 0.6) is 0 Å². The van der Waals surface area contributed by atoms with E-state index in [0.717, 1.165) is 5.56 Å². The smallest absolute Gasteiger partial charge is 0.267 e. The van der Waals surface area contributed by atoms with Gasteiger partial charge in [0.05, 0.1) is 6.61 Å².